The smallest absolute Gasteiger partial charge is 0.256 e. The van der Waals surface area contributed by atoms with E-state index in [1.54, 1.807) is 12.1 Å². The molecule has 1 aromatic heterocycles. The molecule has 0 N–H and O–H groups in total. The number of hydrogen-bond donors (Lipinski definition) is 0. The molecule has 0 aliphatic carbocycles. The Balaban J connectivity index is 2.27. The van der Waals surface area contributed by atoms with Gasteiger partial charge in [-0.2, -0.15) is 18.3 Å². The lowest BCUT2D eigenvalue weighted by Crippen LogP contribution is -2.15. The molecule has 2 nitrogen and oxygen atoms in total. The summed E-state index contributed by atoms with van der Waals surface area (Å²) in [4.78, 5) is 0. The normalized spacial score (nSPS) is 11.8. The number of aryl methyl sites for hydroxylation is 1. The molecule has 0 radical (unpaired) electrons. The maximum absolute atomic E-state index is 13.0. The fraction of sp³-hybridized carbons (Fsp3) is 0.400. The summed E-state index contributed by atoms with van der Waals surface area (Å²) >= 11 is 0. The van der Waals surface area contributed by atoms with E-state index >= 15 is 0 Å². The molecule has 0 saturated heterocycles. The Morgan fingerprint density at radius 2 is 1.85 bits per heavy atom. The van der Waals surface area contributed by atoms with Gasteiger partial charge in [-0.15, -0.1) is 0 Å². The number of nitrogens with zero attached hydrogens (tertiary/aromatic N) is 2. The lowest BCUT2D eigenvalue weighted by Gasteiger charge is -2.10. The van der Waals surface area contributed by atoms with Gasteiger partial charge in [-0.1, -0.05) is 43.7 Å². The molecule has 0 unspecified atom stereocenters. The summed E-state index contributed by atoms with van der Waals surface area (Å²) in [5, 5.41) is 4.11. The number of alkyl halides is 3. The van der Waals surface area contributed by atoms with E-state index in [9.17, 15) is 13.2 Å². The van der Waals surface area contributed by atoms with Crippen molar-refractivity contribution in [2.45, 2.75) is 38.9 Å². The van der Waals surface area contributed by atoms with Gasteiger partial charge in [0.15, 0.2) is 0 Å². The Morgan fingerprint density at radius 3 is 2.45 bits per heavy atom. The number of aromatic nitrogens is 2. The van der Waals surface area contributed by atoms with Crippen LogP contribution in [0, 0.1) is 0 Å². The number of benzene rings is 1. The van der Waals surface area contributed by atoms with Gasteiger partial charge < -0.3 is 0 Å². The van der Waals surface area contributed by atoms with Crippen molar-refractivity contribution >= 4 is 0 Å². The topological polar surface area (TPSA) is 17.8 Å². The molecule has 1 heterocycles. The van der Waals surface area contributed by atoms with E-state index in [2.05, 4.69) is 5.10 Å². The molecule has 108 valence electrons. The van der Waals surface area contributed by atoms with Gasteiger partial charge in [0.1, 0.15) is 5.69 Å². The van der Waals surface area contributed by atoms with Crippen LogP contribution < -0.4 is 0 Å². The van der Waals surface area contributed by atoms with Gasteiger partial charge in [0.05, 0.1) is 12.2 Å². The summed E-state index contributed by atoms with van der Waals surface area (Å²) in [6, 6.07) is 10.2. The quantitative estimate of drug-likeness (QED) is 0.799. The highest BCUT2D eigenvalue weighted by Gasteiger charge is 2.35. The highest BCUT2D eigenvalue weighted by atomic mass is 19.4. The average molecular weight is 282 g/mol. The van der Waals surface area contributed by atoms with Crippen LogP contribution in [0.15, 0.2) is 36.4 Å². The highest BCUT2D eigenvalue weighted by molar-refractivity contribution is 5.19. The fourth-order valence-electron chi connectivity index (χ4n) is 2.06. The Hall–Kier alpha value is -1.78. The molecule has 0 fully saturated rings. The van der Waals surface area contributed by atoms with E-state index in [4.69, 9.17) is 0 Å². The van der Waals surface area contributed by atoms with Gasteiger partial charge >= 0.3 is 6.18 Å². The summed E-state index contributed by atoms with van der Waals surface area (Å²) in [5.74, 6) is 0. The number of hydrogen-bond acceptors (Lipinski definition) is 1. The van der Waals surface area contributed by atoms with E-state index < -0.39 is 11.9 Å². The van der Waals surface area contributed by atoms with E-state index in [1.165, 1.54) is 6.07 Å². The van der Waals surface area contributed by atoms with Crippen LogP contribution in [0.4, 0.5) is 13.2 Å². The first kappa shape index (κ1) is 14.6. The predicted molar refractivity (Wildman–Crippen MR) is 71.4 cm³/mol. The molecule has 0 saturated carbocycles. The van der Waals surface area contributed by atoms with E-state index in [0.29, 0.717) is 12.1 Å². The van der Waals surface area contributed by atoms with Crippen LogP contribution in [-0.4, -0.2) is 9.78 Å². The molecule has 5 heteroatoms. The van der Waals surface area contributed by atoms with Crippen LogP contribution in [0.2, 0.25) is 0 Å². The zero-order valence-electron chi connectivity index (χ0n) is 11.3. The predicted octanol–water partition coefficient (Wildman–Crippen LogP) is 4.29. The third-order valence-electron chi connectivity index (χ3n) is 3.08. The SMILES string of the molecule is CCCCc1cc(C(F)(F)F)n(Cc2ccccc2)n1. The van der Waals surface area contributed by atoms with E-state index in [1.807, 2.05) is 25.1 Å². The number of unbranched alkanes of at least 4 members (excludes halogenated alkanes) is 1. The molecule has 0 atom stereocenters. The molecule has 1 aromatic carbocycles. The zero-order valence-corrected chi connectivity index (χ0v) is 11.3. The monoisotopic (exact) mass is 282 g/mol. The van der Waals surface area contributed by atoms with Gasteiger partial charge in [-0.25, -0.2) is 0 Å². The van der Waals surface area contributed by atoms with Crippen LogP contribution in [0.25, 0.3) is 0 Å². The van der Waals surface area contributed by atoms with Crippen LogP contribution >= 0.6 is 0 Å². The molecule has 0 aliphatic rings. The minimum Gasteiger partial charge on any atom is -0.256 e. The van der Waals surface area contributed by atoms with Crippen molar-refractivity contribution in [3.8, 4) is 0 Å². The second kappa shape index (κ2) is 6.11. The first-order valence-electron chi connectivity index (χ1n) is 6.68. The van der Waals surface area contributed by atoms with Crippen molar-refractivity contribution in [1.29, 1.82) is 0 Å². The van der Waals surface area contributed by atoms with Gasteiger partial charge in [-0.05, 0) is 24.5 Å². The molecule has 0 bridgehead atoms. The molecule has 0 spiro atoms. The summed E-state index contributed by atoms with van der Waals surface area (Å²) < 4.78 is 40.1. The molecule has 2 aromatic rings. The van der Waals surface area contributed by atoms with Crippen molar-refractivity contribution in [2.24, 2.45) is 0 Å². The minimum atomic E-state index is -4.37. The van der Waals surface area contributed by atoms with Crippen molar-refractivity contribution < 1.29 is 13.2 Å². The molecule has 2 rings (SSSR count). The van der Waals surface area contributed by atoms with Gasteiger partial charge in [0.25, 0.3) is 0 Å². The molecular weight excluding hydrogens is 265 g/mol. The van der Waals surface area contributed by atoms with Crippen molar-refractivity contribution in [3.63, 3.8) is 0 Å². The first-order chi connectivity index (χ1) is 9.50. The largest absolute Gasteiger partial charge is 0.433 e. The Morgan fingerprint density at radius 1 is 1.15 bits per heavy atom. The van der Waals surface area contributed by atoms with E-state index in [-0.39, 0.29) is 6.54 Å². The van der Waals surface area contributed by atoms with Crippen LogP contribution in [0.3, 0.4) is 0 Å². The average Bonchev–Trinajstić information content (AvgIpc) is 2.80. The van der Waals surface area contributed by atoms with Crippen molar-refractivity contribution in [1.82, 2.24) is 9.78 Å². The minimum absolute atomic E-state index is 0.141. The highest BCUT2D eigenvalue weighted by Crippen LogP contribution is 2.30. The maximum Gasteiger partial charge on any atom is 0.433 e. The Labute approximate surface area is 116 Å². The second-order valence-electron chi connectivity index (χ2n) is 4.77. The van der Waals surface area contributed by atoms with Crippen molar-refractivity contribution in [3.05, 3.63) is 53.3 Å². The maximum atomic E-state index is 13.0. The molecular formula is C15H17F3N2. The second-order valence-corrected chi connectivity index (χ2v) is 4.77. The summed E-state index contributed by atoms with van der Waals surface area (Å²) in [6.07, 6.45) is -2.00. The Kier molecular flexibility index (Phi) is 4.47. The van der Waals surface area contributed by atoms with E-state index in [0.717, 1.165) is 23.1 Å². The van der Waals surface area contributed by atoms with Crippen LogP contribution in [0.5, 0.6) is 0 Å². The lowest BCUT2D eigenvalue weighted by atomic mass is 10.2. The Bertz CT molecular complexity index is 544. The molecule has 0 aliphatic heterocycles. The third-order valence-corrected chi connectivity index (χ3v) is 3.08. The standard InChI is InChI=1S/C15H17F3N2/c1-2-3-9-13-10-14(15(16,17)18)20(19-13)11-12-7-5-4-6-8-12/h4-8,10H,2-3,9,11H2,1H3. The molecule has 20 heavy (non-hydrogen) atoms. The fourth-order valence-corrected chi connectivity index (χ4v) is 2.06. The van der Waals surface area contributed by atoms with Crippen LogP contribution in [-0.2, 0) is 19.1 Å². The number of rotatable bonds is 5. The summed E-state index contributed by atoms with van der Waals surface area (Å²) in [5.41, 5.74) is 0.644. The summed E-state index contributed by atoms with van der Waals surface area (Å²) in [6.45, 7) is 2.15. The summed E-state index contributed by atoms with van der Waals surface area (Å²) in [7, 11) is 0. The van der Waals surface area contributed by atoms with Gasteiger partial charge in [-0.3, -0.25) is 4.68 Å². The first-order valence-corrected chi connectivity index (χ1v) is 6.68. The van der Waals surface area contributed by atoms with Crippen molar-refractivity contribution in [2.75, 3.05) is 0 Å². The lowest BCUT2D eigenvalue weighted by molar-refractivity contribution is -0.144. The third kappa shape index (κ3) is 3.62. The van der Waals surface area contributed by atoms with Gasteiger partial charge in [0.2, 0.25) is 0 Å². The van der Waals surface area contributed by atoms with Crippen LogP contribution in [0.1, 0.15) is 36.7 Å². The number of halogens is 3. The molecule has 0 amide bonds. The van der Waals surface area contributed by atoms with Gasteiger partial charge in [0, 0.05) is 0 Å². The zero-order chi connectivity index (χ0) is 14.6.